The van der Waals surface area contributed by atoms with E-state index in [2.05, 4.69) is 10.6 Å². The summed E-state index contributed by atoms with van der Waals surface area (Å²) in [4.78, 5) is 35.5. The van der Waals surface area contributed by atoms with Crippen molar-refractivity contribution in [3.05, 3.63) is 66.2 Å². The molecule has 2 N–H and O–H groups in total. The number of benzene rings is 2. The first-order chi connectivity index (χ1) is 11.6. The van der Waals surface area contributed by atoms with Gasteiger partial charge in [0.15, 0.2) is 6.10 Å². The van der Waals surface area contributed by atoms with Gasteiger partial charge in [0.25, 0.3) is 11.8 Å². The van der Waals surface area contributed by atoms with E-state index in [1.165, 1.54) is 6.92 Å². The summed E-state index contributed by atoms with van der Waals surface area (Å²) in [5.74, 6) is -1.51. The molecule has 124 valence electrons. The minimum atomic E-state index is -0.966. The number of hydrogen-bond acceptors (Lipinski definition) is 4. The molecule has 0 aliphatic rings. The van der Waals surface area contributed by atoms with Gasteiger partial charge in [-0.15, -0.1) is 0 Å². The molecule has 2 aromatic rings. The van der Waals surface area contributed by atoms with Crippen LogP contribution in [-0.2, 0) is 14.3 Å². The smallest absolute Gasteiger partial charge is 0.326 e. The highest BCUT2D eigenvalue weighted by Crippen LogP contribution is 2.06. The lowest BCUT2D eigenvalue weighted by Crippen LogP contribution is -2.35. The maximum atomic E-state index is 11.9. The van der Waals surface area contributed by atoms with Crippen LogP contribution in [0, 0.1) is 0 Å². The second-order valence-corrected chi connectivity index (χ2v) is 5.04. The molecule has 6 heteroatoms. The number of anilines is 1. The molecule has 2 aromatic carbocycles. The van der Waals surface area contributed by atoms with Crippen LogP contribution in [0.2, 0.25) is 0 Å². The van der Waals surface area contributed by atoms with Gasteiger partial charge in [-0.05, 0) is 31.2 Å². The van der Waals surface area contributed by atoms with Crippen LogP contribution in [0.25, 0.3) is 0 Å². The van der Waals surface area contributed by atoms with Gasteiger partial charge < -0.3 is 15.4 Å². The van der Waals surface area contributed by atoms with E-state index < -0.39 is 18.0 Å². The van der Waals surface area contributed by atoms with Crippen LogP contribution < -0.4 is 10.6 Å². The number of nitrogens with one attached hydrogen (secondary N) is 2. The minimum Gasteiger partial charge on any atom is -0.451 e. The standard InChI is InChI=1S/C18H18N2O4/c1-13(17(22)20-15-10-6-3-7-11-15)24-16(21)12-19-18(23)14-8-4-2-5-9-14/h2-11,13H,12H2,1H3,(H,19,23)(H,20,22)/t13-/m0/s1. The zero-order valence-corrected chi connectivity index (χ0v) is 13.2. The maximum Gasteiger partial charge on any atom is 0.326 e. The van der Waals surface area contributed by atoms with E-state index in [4.69, 9.17) is 4.74 Å². The van der Waals surface area contributed by atoms with E-state index in [9.17, 15) is 14.4 Å². The monoisotopic (exact) mass is 326 g/mol. The first-order valence-corrected chi connectivity index (χ1v) is 7.45. The fourth-order valence-corrected chi connectivity index (χ4v) is 1.90. The summed E-state index contributed by atoms with van der Waals surface area (Å²) in [6, 6.07) is 17.4. The predicted octanol–water partition coefficient (Wildman–Crippen LogP) is 1.99. The van der Waals surface area contributed by atoms with Crippen molar-refractivity contribution >= 4 is 23.5 Å². The third-order valence-corrected chi connectivity index (χ3v) is 3.15. The Hall–Kier alpha value is -3.15. The van der Waals surface area contributed by atoms with E-state index in [0.717, 1.165) is 0 Å². The van der Waals surface area contributed by atoms with E-state index in [1.54, 1.807) is 54.6 Å². The highest BCUT2D eigenvalue weighted by molar-refractivity contribution is 5.97. The number of rotatable bonds is 6. The lowest BCUT2D eigenvalue weighted by Gasteiger charge is -2.13. The number of esters is 1. The van der Waals surface area contributed by atoms with Crippen LogP contribution in [0.3, 0.4) is 0 Å². The van der Waals surface area contributed by atoms with Crippen LogP contribution in [0.5, 0.6) is 0 Å². The Morgan fingerprint density at radius 3 is 2.17 bits per heavy atom. The summed E-state index contributed by atoms with van der Waals surface area (Å²) in [5, 5.41) is 5.08. The molecule has 0 bridgehead atoms. The summed E-state index contributed by atoms with van der Waals surface area (Å²) in [6.45, 7) is 1.16. The van der Waals surface area contributed by atoms with E-state index >= 15 is 0 Å². The molecule has 6 nitrogen and oxygen atoms in total. The number of ether oxygens (including phenoxy) is 1. The topological polar surface area (TPSA) is 84.5 Å². The summed E-state index contributed by atoms with van der Waals surface area (Å²) >= 11 is 0. The minimum absolute atomic E-state index is 0.309. The Morgan fingerprint density at radius 2 is 1.54 bits per heavy atom. The zero-order chi connectivity index (χ0) is 17.4. The molecule has 0 fully saturated rings. The zero-order valence-electron chi connectivity index (χ0n) is 13.2. The molecule has 0 aliphatic carbocycles. The van der Waals surface area contributed by atoms with Gasteiger partial charge in [0.05, 0.1) is 0 Å². The molecule has 0 radical (unpaired) electrons. The summed E-state index contributed by atoms with van der Waals surface area (Å²) in [7, 11) is 0. The van der Waals surface area contributed by atoms with Crippen molar-refractivity contribution in [3.8, 4) is 0 Å². The molecular weight excluding hydrogens is 308 g/mol. The number of carbonyl (C=O) groups excluding carboxylic acids is 3. The molecule has 0 aliphatic heterocycles. The van der Waals surface area contributed by atoms with Crippen LogP contribution in [0.4, 0.5) is 5.69 Å². The molecule has 2 rings (SSSR count). The lowest BCUT2D eigenvalue weighted by molar-refractivity contribution is -0.152. The Morgan fingerprint density at radius 1 is 0.958 bits per heavy atom. The van der Waals surface area contributed by atoms with Gasteiger partial charge in [-0.3, -0.25) is 14.4 Å². The van der Waals surface area contributed by atoms with Crippen molar-refractivity contribution in [2.75, 3.05) is 11.9 Å². The third-order valence-electron chi connectivity index (χ3n) is 3.15. The van der Waals surface area contributed by atoms with Crippen molar-refractivity contribution < 1.29 is 19.1 Å². The predicted molar refractivity (Wildman–Crippen MR) is 89.4 cm³/mol. The van der Waals surface area contributed by atoms with E-state index in [0.29, 0.717) is 11.3 Å². The molecular formula is C18H18N2O4. The van der Waals surface area contributed by atoms with Crippen molar-refractivity contribution in [2.24, 2.45) is 0 Å². The Labute approximate surface area is 139 Å². The molecule has 0 saturated heterocycles. The van der Waals surface area contributed by atoms with Crippen LogP contribution >= 0.6 is 0 Å². The fraction of sp³-hybridized carbons (Fsp3) is 0.167. The number of carbonyl (C=O) groups is 3. The van der Waals surface area contributed by atoms with Crippen LogP contribution in [0.1, 0.15) is 17.3 Å². The van der Waals surface area contributed by atoms with Crippen LogP contribution in [0.15, 0.2) is 60.7 Å². The van der Waals surface area contributed by atoms with Gasteiger partial charge in [0, 0.05) is 11.3 Å². The summed E-state index contributed by atoms with van der Waals surface area (Å²) < 4.78 is 5.00. The molecule has 0 saturated carbocycles. The van der Waals surface area contributed by atoms with Crippen LogP contribution in [-0.4, -0.2) is 30.4 Å². The second-order valence-electron chi connectivity index (χ2n) is 5.04. The van der Waals surface area contributed by atoms with E-state index in [-0.39, 0.29) is 12.5 Å². The largest absolute Gasteiger partial charge is 0.451 e. The van der Waals surface area contributed by atoms with Gasteiger partial charge in [-0.1, -0.05) is 36.4 Å². The quantitative estimate of drug-likeness (QED) is 0.795. The average Bonchev–Trinajstić information content (AvgIpc) is 2.61. The van der Waals surface area contributed by atoms with E-state index in [1.807, 2.05) is 6.07 Å². The number of amides is 2. The van der Waals surface area contributed by atoms with Crippen molar-refractivity contribution in [3.63, 3.8) is 0 Å². The fourth-order valence-electron chi connectivity index (χ4n) is 1.90. The van der Waals surface area contributed by atoms with Gasteiger partial charge in [0.1, 0.15) is 6.54 Å². The number of para-hydroxylation sites is 1. The first-order valence-electron chi connectivity index (χ1n) is 7.45. The average molecular weight is 326 g/mol. The SMILES string of the molecule is C[C@H](OC(=O)CNC(=O)c1ccccc1)C(=O)Nc1ccccc1. The normalized spacial score (nSPS) is 11.2. The highest BCUT2D eigenvalue weighted by Gasteiger charge is 2.18. The van der Waals surface area contributed by atoms with Gasteiger partial charge >= 0.3 is 5.97 Å². The lowest BCUT2D eigenvalue weighted by atomic mass is 10.2. The molecule has 24 heavy (non-hydrogen) atoms. The molecule has 0 spiro atoms. The highest BCUT2D eigenvalue weighted by atomic mass is 16.5. The molecule has 0 aromatic heterocycles. The Kier molecular flexibility index (Phi) is 6.08. The van der Waals surface area contributed by atoms with Crippen molar-refractivity contribution in [2.45, 2.75) is 13.0 Å². The number of hydrogen-bond donors (Lipinski definition) is 2. The van der Waals surface area contributed by atoms with Gasteiger partial charge in [-0.25, -0.2) is 0 Å². The van der Waals surface area contributed by atoms with Gasteiger partial charge in [-0.2, -0.15) is 0 Å². The molecule has 0 unspecified atom stereocenters. The van der Waals surface area contributed by atoms with Gasteiger partial charge in [0.2, 0.25) is 0 Å². The first kappa shape index (κ1) is 17.2. The Balaban J connectivity index is 1.77. The summed E-state index contributed by atoms with van der Waals surface area (Å²) in [6.07, 6.45) is -0.966. The van der Waals surface area contributed by atoms with Crippen molar-refractivity contribution in [1.29, 1.82) is 0 Å². The molecule has 2 amide bonds. The maximum absolute atomic E-state index is 11.9. The second kappa shape index (κ2) is 8.47. The Bertz CT molecular complexity index is 701. The molecule has 1 atom stereocenters. The molecule has 0 heterocycles. The van der Waals surface area contributed by atoms with Crippen molar-refractivity contribution in [1.82, 2.24) is 5.32 Å². The third kappa shape index (κ3) is 5.24. The summed E-state index contributed by atoms with van der Waals surface area (Å²) in [5.41, 5.74) is 1.06.